The Morgan fingerprint density at radius 2 is 2.28 bits per heavy atom. The minimum Gasteiger partial charge on any atom is -0.492 e. The van der Waals surface area contributed by atoms with Gasteiger partial charge in [-0.3, -0.25) is 4.79 Å². The molecule has 18 heavy (non-hydrogen) atoms. The minimum absolute atomic E-state index is 0.0381. The van der Waals surface area contributed by atoms with Gasteiger partial charge in [-0.05, 0) is 25.1 Å². The Morgan fingerprint density at radius 1 is 1.56 bits per heavy atom. The van der Waals surface area contributed by atoms with E-state index in [1.165, 1.54) is 19.1 Å². The van der Waals surface area contributed by atoms with Gasteiger partial charge in [-0.2, -0.15) is 0 Å². The van der Waals surface area contributed by atoms with Crippen LogP contribution in [0.1, 0.15) is 17.3 Å². The van der Waals surface area contributed by atoms with Gasteiger partial charge in [0.1, 0.15) is 18.2 Å². The average molecular weight is 254 g/mol. The highest BCUT2D eigenvalue weighted by Gasteiger charge is 2.39. The molecule has 1 aromatic carbocycles. The standard InChI is InChI=1S/C13H15FO4/c1-9(16)11-4-10(14)2-3-12(11)18-8-13(5-15)6-17-7-13/h2-4,15H,5-8H2,1H3. The van der Waals surface area contributed by atoms with E-state index in [1.807, 2.05) is 0 Å². The highest BCUT2D eigenvalue weighted by molar-refractivity contribution is 5.96. The molecular formula is C13H15FO4. The van der Waals surface area contributed by atoms with E-state index < -0.39 is 11.2 Å². The average Bonchev–Trinajstić information content (AvgIpc) is 2.29. The molecule has 1 N–H and O–H groups in total. The predicted molar refractivity (Wildman–Crippen MR) is 62.2 cm³/mol. The van der Waals surface area contributed by atoms with Crippen molar-refractivity contribution in [3.8, 4) is 5.75 Å². The molecule has 1 fully saturated rings. The third-order valence-corrected chi connectivity index (χ3v) is 3.01. The van der Waals surface area contributed by atoms with Crippen LogP contribution in [0.25, 0.3) is 0 Å². The highest BCUT2D eigenvalue weighted by Crippen LogP contribution is 2.29. The van der Waals surface area contributed by atoms with E-state index in [-0.39, 0.29) is 24.6 Å². The number of ketones is 1. The van der Waals surface area contributed by atoms with E-state index in [0.717, 1.165) is 6.07 Å². The summed E-state index contributed by atoms with van der Waals surface area (Å²) in [5.41, 5.74) is -0.189. The Balaban J connectivity index is 2.11. The normalized spacial score (nSPS) is 17.1. The Hall–Kier alpha value is -1.46. The number of halogens is 1. The molecule has 0 saturated carbocycles. The third kappa shape index (κ3) is 2.52. The van der Waals surface area contributed by atoms with Crippen LogP contribution >= 0.6 is 0 Å². The van der Waals surface area contributed by atoms with Gasteiger partial charge in [0.15, 0.2) is 5.78 Å². The molecule has 1 aliphatic rings. The topological polar surface area (TPSA) is 55.8 Å². The van der Waals surface area contributed by atoms with Gasteiger partial charge in [0.25, 0.3) is 0 Å². The molecule has 0 aromatic heterocycles. The number of carbonyl (C=O) groups excluding carboxylic acids is 1. The molecule has 0 radical (unpaired) electrons. The van der Waals surface area contributed by atoms with E-state index in [2.05, 4.69) is 0 Å². The van der Waals surface area contributed by atoms with E-state index in [1.54, 1.807) is 0 Å². The van der Waals surface area contributed by atoms with Crippen LogP contribution in [-0.4, -0.2) is 37.3 Å². The van der Waals surface area contributed by atoms with Crippen molar-refractivity contribution in [2.24, 2.45) is 5.41 Å². The molecule has 0 aliphatic carbocycles. The third-order valence-electron chi connectivity index (χ3n) is 3.01. The monoisotopic (exact) mass is 254 g/mol. The van der Waals surface area contributed by atoms with Crippen LogP contribution in [0.2, 0.25) is 0 Å². The number of carbonyl (C=O) groups is 1. The number of rotatable bonds is 5. The smallest absolute Gasteiger partial charge is 0.163 e. The fourth-order valence-electron chi connectivity index (χ4n) is 1.75. The van der Waals surface area contributed by atoms with Crippen LogP contribution in [0, 0.1) is 11.2 Å². The largest absolute Gasteiger partial charge is 0.492 e. The van der Waals surface area contributed by atoms with Gasteiger partial charge in [0.2, 0.25) is 0 Å². The van der Waals surface area contributed by atoms with Gasteiger partial charge < -0.3 is 14.6 Å². The summed E-state index contributed by atoms with van der Waals surface area (Å²) in [5, 5.41) is 9.25. The van der Waals surface area contributed by atoms with Crippen LogP contribution in [0.4, 0.5) is 4.39 Å². The molecule has 0 spiro atoms. The van der Waals surface area contributed by atoms with Gasteiger partial charge in [0.05, 0.1) is 30.8 Å². The zero-order valence-corrected chi connectivity index (χ0v) is 10.1. The van der Waals surface area contributed by atoms with Crippen molar-refractivity contribution in [2.45, 2.75) is 6.92 Å². The molecule has 1 saturated heterocycles. The van der Waals surface area contributed by atoms with Crippen molar-refractivity contribution in [3.63, 3.8) is 0 Å². The Kier molecular flexibility index (Phi) is 3.63. The first kappa shape index (κ1) is 13.0. The second kappa shape index (κ2) is 5.04. The van der Waals surface area contributed by atoms with Gasteiger partial charge >= 0.3 is 0 Å². The number of hydrogen-bond donors (Lipinski definition) is 1. The van der Waals surface area contributed by atoms with E-state index in [9.17, 15) is 14.3 Å². The molecule has 1 aromatic rings. The molecular weight excluding hydrogens is 239 g/mol. The summed E-state index contributed by atoms with van der Waals surface area (Å²) in [6.45, 7) is 2.43. The van der Waals surface area contributed by atoms with E-state index in [0.29, 0.717) is 19.0 Å². The van der Waals surface area contributed by atoms with Crippen LogP contribution in [0.5, 0.6) is 5.75 Å². The van der Waals surface area contributed by atoms with Crippen molar-refractivity contribution >= 4 is 5.78 Å². The summed E-state index contributed by atoms with van der Waals surface area (Å²) in [6.07, 6.45) is 0. The summed E-state index contributed by atoms with van der Waals surface area (Å²) >= 11 is 0. The van der Waals surface area contributed by atoms with Gasteiger partial charge in [0, 0.05) is 0 Å². The van der Waals surface area contributed by atoms with Gasteiger partial charge in [-0.15, -0.1) is 0 Å². The number of hydrogen-bond acceptors (Lipinski definition) is 4. The highest BCUT2D eigenvalue weighted by atomic mass is 19.1. The van der Waals surface area contributed by atoms with Crippen LogP contribution < -0.4 is 4.74 Å². The molecule has 98 valence electrons. The molecule has 1 heterocycles. The lowest BCUT2D eigenvalue weighted by atomic mass is 9.88. The SMILES string of the molecule is CC(=O)c1cc(F)ccc1OCC1(CO)COC1. The fourth-order valence-corrected chi connectivity index (χ4v) is 1.75. The summed E-state index contributed by atoms with van der Waals surface area (Å²) in [7, 11) is 0. The lowest BCUT2D eigenvalue weighted by Crippen LogP contribution is -2.50. The number of Topliss-reactive ketones (excluding diaryl/α,β-unsaturated/α-hetero) is 1. The maximum atomic E-state index is 13.1. The summed E-state index contributed by atoms with van der Waals surface area (Å²) in [6, 6.07) is 3.82. The number of benzene rings is 1. The molecule has 2 rings (SSSR count). The second-order valence-corrected chi connectivity index (χ2v) is 4.64. The summed E-state index contributed by atoms with van der Waals surface area (Å²) < 4.78 is 23.6. The molecule has 0 unspecified atom stereocenters. The quantitative estimate of drug-likeness (QED) is 0.807. The van der Waals surface area contributed by atoms with Crippen molar-refractivity contribution in [1.82, 2.24) is 0 Å². The zero-order chi connectivity index (χ0) is 13.2. The summed E-state index contributed by atoms with van der Waals surface area (Å²) in [5.74, 6) is -0.396. The first-order chi connectivity index (χ1) is 8.56. The number of ether oxygens (including phenoxy) is 2. The van der Waals surface area contributed by atoms with Crippen molar-refractivity contribution in [1.29, 1.82) is 0 Å². The van der Waals surface area contributed by atoms with Crippen molar-refractivity contribution in [3.05, 3.63) is 29.6 Å². The molecule has 0 amide bonds. The fraction of sp³-hybridized carbons (Fsp3) is 0.462. The van der Waals surface area contributed by atoms with Gasteiger partial charge in [-0.25, -0.2) is 4.39 Å². The first-order valence-electron chi connectivity index (χ1n) is 5.68. The number of aliphatic hydroxyl groups is 1. The molecule has 1 aliphatic heterocycles. The first-order valence-corrected chi connectivity index (χ1v) is 5.68. The second-order valence-electron chi connectivity index (χ2n) is 4.64. The Morgan fingerprint density at radius 3 is 2.78 bits per heavy atom. The van der Waals surface area contributed by atoms with Gasteiger partial charge in [-0.1, -0.05) is 0 Å². The van der Waals surface area contributed by atoms with E-state index in [4.69, 9.17) is 9.47 Å². The molecule has 0 bridgehead atoms. The van der Waals surface area contributed by atoms with E-state index >= 15 is 0 Å². The maximum Gasteiger partial charge on any atom is 0.163 e. The maximum absolute atomic E-state index is 13.1. The Bertz CT molecular complexity index is 449. The van der Waals surface area contributed by atoms with Crippen LogP contribution in [0.3, 0.4) is 0 Å². The lowest BCUT2D eigenvalue weighted by Gasteiger charge is -2.39. The molecule has 0 atom stereocenters. The van der Waals surface area contributed by atoms with Crippen molar-refractivity contribution in [2.75, 3.05) is 26.4 Å². The van der Waals surface area contributed by atoms with Crippen LogP contribution in [-0.2, 0) is 4.74 Å². The zero-order valence-electron chi connectivity index (χ0n) is 10.1. The molecule has 4 nitrogen and oxygen atoms in total. The minimum atomic E-state index is -0.476. The van der Waals surface area contributed by atoms with Crippen molar-refractivity contribution < 1.29 is 23.8 Å². The summed E-state index contributed by atoms with van der Waals surface area (Å²) in [4.78, 5) is 11.4. The molecule has 5 heteroatoms. The number of aliphatic hydroxyl groups excluding tert-OH is 1. The Labute approximate surface area is 104 Å². The predicted octanol–water partition coefficient (Wildman–Crippen LogP) is 1.42. The lowest BCUT2D eigenvalue weighted by molar-refractivity contribution is -0.153. The van der Waals surface area contributed by atoms with Crippen LogP contribution in [0.15, 0.2) is 18.2 Å².